The molecule has 3 heterocycles. The number of rotatable bonds is 3. The number of benzene rings is 2. The van der Waals surface area contributed by atoms with Gasteiger partial charge in [-0.15, -0.1) is 0 Å². The predicted octanol–water partition coefficient (Wildman–Crippen LogP) is 5.20. The van der Waals surface area contributed by atoms with Gasteiger partial charge < -0.3 is 14.5 Å². The minimum Gasteiger partial charge on any atom is -0.494 e. The number of hydrogen-bond acceptors (Lipinski definition) is 7. The van der Waals surface area contributed by atoms with Crippen molar-refractivity contribution in [2.45, 2.75) is 6.92 Å². The molecule has 1 aliphatic heterocycles. The van der Waals surface area contributed by atoms with Crippen LogP contribution in [0.15, 0.2) is 30.3 Å². The number of anilines is 2. The number of nitrogens with zero attached hydrogens (tertiary/aromatic N) is 4. The Hall–Kier alpha value is -2.09. The van der Waals surface area contributed by atoms with Gasteiger partial charge in [0.1, 0.15) is 11.3 Å². The zero-order valence-corrected chi connectivity index (χ0v) is 18.0. The molecule has 1 aliphatic rings. The summed E-state index contributed by atoms with van der Waals surface area (Å²) in [4.78, 5) is 14.4. The zero-order chi connectivity index (χ0) is 19.3. The number of hydrogen-bond donors (Lipinski definition) is 0. The molecular weight excluding hydrogens is 412 g/mol. The van der Waals surface area contributed by atoms with E-state index >= 15 is 0 Å². The van der Waals surface area contributed by atoms with Gasteiger partial charge in [-0.25, -0.2) is 9.97 Å². The van der Waals surface area contributed by atoms with Gasteiger partial charge in [0.15, 0.2) is 10.3 Å². The SMILES string of the molecule is COc1ccc(Cl)c2sc(N3CCN(c4nc5c(C)cccc5s4)CC3)nc12. The van der Waals surface area contributed by atoms with Crippen LogP contribution in [0.3, 0.4) is 0 Å². The van der Waals surface area contributed by atoms with Crippen molar-refractivity contribution in [2.75, 3.05) is 43.1 Å². The lowest BCUT2D eigenvalue weighted by atomic mass is 10.2. The molecule has 2 aromatic heterocycles. The summed E-state index contributed by atoms with van der Waals surface area (Å²) in [6.07, 6.45) is 0. The Labute approximate surface area is 176 Å². The van der Waals surface area contributed by atoms with Crippen molar-refractivity contribution < 1.29 is 4.74 Å². The van der Waals surface area contributed by atoms with Gasteiger partial charge in [0, 0.05) is 26.2 Å². The van der Waals surface area contributed by atoms with E-state index < -0.39 is 0 Å². The summed E-state index contributed by atoms with van der Waals surface area (Å²) in [5.41, 5.74) is 3.20. The highest BCUT2D eigenvalue weighted by atomic mass is 35.5. The van der Waals surface area contributed by atoms with Crippen LogP contribution in [0, 0.1) is 6.92 Å². The fraction of sp³-hybridized carbons (Fsp3) is 0.300. The van der Waals surface area contributed by atoms with Crippen LogP contribution in [-0.4, -0.2) is 43.3 Å². The maximum atomic E-state index is 6.37. The third kappa shape index (κ3) is 2.98. The summed E-state index contributed by atoms with van der Waals surface area (Å²) >= 11 is 9.78. The van der Waals surface area contributed by atoms with Crippen LogP contribution in [-0.2, 0) is 0 Å². The largest absolute Gasteiger partial charge is 0.494 e. The average Bonchev–Trinajstić information content (AvgIpc) is 3.35. The summed E-state index contributed by atoms with van der Waals surface area (Å²) in [7, 11) is 1.67. The van der Waals surface area contributed by atoms with Crippen LogP contribution < -0.4 is 14.5 Å². The van der Waals surface area contributed by atoms with Crippen LogP contribution in [0.1, 0.15) is 5.56 Å². The molecule has 5 rings (SSSR count). The van der Waals surface area contributed by atoms with Crippen molar-refractivity contribution in [2.24, 2.45) is 0 Å². The van der Waals surface area contributed by atoms with Crippen molar-refractivity contribution in [3.63, 3.8) is 0 Å². The van der Waals surface area contributed by atoms with E-state index in [4.69, 9.17) is 26.3 Å². The molecule has 1 fully saturated rings. The Bertz CT molecular complexity index is 1160. The topological polar surface area (TPSA) is 41.5 Å². The Balaban J connectivity index is 1.37. The van der Waals surface area contributed by atoms with E-state index in [0.717, 1.165) is 62.9 Å². The molecule has 0 unspecified atom stereocenters. The first-order chi connectivity index (χ1) is 13.6. The van der Waals surface area contributed by atoms with Crippen molar-refractivity contribution in [3.05, 3.63) is 40.9 Å². The molecular formula is C20H19ClN4OS2. The second-order valence-corrected chi connectivity index (χ2v) is 9.21. The van der Waals surface area contributed by atoms with Crippen molar-refractivity contribution in [1.82, 2.24) is 9.97 Å². The number of methoxy groups -OCH3 is 1. The number of thiazole rings is 2. The fourth-order valence-corrected chi connectivity index (χ4v) is 5.94. The monoisotopic (exact) mass is 430 g/mol. The standard InChI is InChI=1S/C20H19ClN4OS2/c1-12-4-3-5-15-16(12)22-19(27-15)24-8-10-25(11-9-24)20-23-17-14(26-2)7-6-13(21)18(17)28-20/h3-7H,8-11H2,1-2H3. The summed E-state index contributed by atoms with van der Waals surface area (Å²) in [6.45, 7) is 5.80. The van der Waals surface area contributed by atoms with Gasteiger partial charge in [0.05, 0.1) is 27.0 Å². The van der Waals surface area contributed by atoms with Gasteiger partial charge >= 0.3 is 0 Å². The quantitative estimate of drug-likeness (QED) is 0.446. The van der Waals surface area contributed by atoms with Crippen LogP contribution in [0.5, 0.6) is 5.75 Å². The van der Waals surface area contributed by atoms with E-state index in [1.165, 1.54) is 10.3 Å². The molecule has 5 nitrogen and oxygen atoms in total. The molecule has 0 aliphatic carbocycles. The van der Waals surface area contributed by atoms with E-state index in [2.05, 4.69) is 34.9 Å². The highest BCUT2D eigenvalue weighted by Gasteiger charge is 2.23. The molecule has 28 heavy (non-hydrogen) atoms. The molecule has 1 saturated heterocycles. The lowest BCUT2D eigenvalue weighted by molar-refractivity contribution is 0.419. The molecule has 0 bridgehead atoms. The van der Waals surface area contributed by atoms with E-state index in [1.807, 2.05) is 12.1 Å². The van der Waals surface area contributed by atoms with Crippen LogP contribution in [0.4, 0.5) is 10.3 Å². The van der Waals surface area contributed by atoms with Crippen LogP contribution >= 0.6 is 34.3 Å². The van der Waals surface area contributed by atoms with Crippen LogP contribution in [0.2, 0.25) is 5.02 Å². The normalized spacial score (nSPS) is 15.0. The Kier molecular flexibility index (Phi) is 4.53. The fourth-order valence-electron chi connectivity index (χ4n) is 3.54. The van der Waals surface area contributed by atoms with Gasteiger partial charge in [0.25, 0.3) is 0 Å². The Morgan fingerprint density at radius 2 is 1.61 bits per heavy atom. The van der Waals surface area contributed by atoms with Gasteiger partial charge in [-0.1, -0.05) is 46.4 Å². The van der Waals surface area contributed by atoms with Gasteiger partial charge in [0.2, 0.25) is 0 Å². The summed E-state index contributed by atoms with van der Waals surface area (Å²) in [5, 5.41) is 2.84. The summed E-state index contributed by atoms with van der Waals surface area (Å²) in [5.74, 6) is 0.769. The number of para-hydroxylation sites is 1. The Morgan fingerprint density at radius 3 is 2.29 bits per heavy atom. The molecule has 0 amide bonds. The lowest BCUT2D eigenvalue weighted by Gasteiger charge is -2.34. The highest BCUT2D eigenvalue weighted by molar-refractivity contribution is 7.23. The zero-order valence-electron chi connectivity index (χ0n) is 15.6. The molecule has 0 spiro atoms. The van der Waals surface area contributed by atoms with Crippen molar-refractivity contribution in [1.29, 1.82) is 0 Å². The third-order valence-corrected chi connectivity index (χ3v) is 7.76. The molecule has 4 aromatic rings. The number of aryl methyl sites for hydroxylation is 1. The van der Waals surface area contributed by atoms with E-state index in [1.54, 1.807) is 29.8 Å². The first kappa shape index (κ1) is 18.0. The van der Waals surface area contributed by atoms with Crippen molar-refractivity contribution in [3.8, 4) is 5.75 Å². The molecule has 144 valence electrons. The number of ether oxygens (including phenoxy) is 1. The third-order valence-electron chi connectivity index (χ3n) is 5.10. The number of piperazine rings is 1. The van der Waals surface area contributed by atoms with Crippen molar-refractivity contribution >= 4 is 65.0 Å². The van der Waals surface area contributed by atoms with Gasteiger partial charge in [-0.3, -0.25) is 0 Å². The number of aromatic nitrogens is 2. The molecule has 0 radical (unpaired) electrons. The minimum absolute atomic E-state index is 0.725. The molecule has 0 atom stereocenters. The van der Waals surface area contributed by atoms with E-state index in [0.29, 0.717) is 0 Å². The van der Waals surface area contributed by atoms with Gasteiger partial charge in [-0.2, -0.15) is 0 Å². The Morgan fingerprint density at radius 1 is 0.929 bits per heavy atom. The van der Waals surface area contributed by atoms with Gasteiger partial charge in [-0.05, 0) is 30.7 Å². The summed E-state index contributed by atoms with van der Waals surface area (Å²) < 4.78 is 7.69. The molecule has 2 aromatic carbocycles. The minimum atomic E-state index is 0.725. The highest BCUT2D eigenvalue weighted by Crippen LogP contribution is 2.39. The molecule has 0 saturated carbocycles. The first-order valence-corrected chi connectivity index (χ1v) is 11.1. The maximum Gasteiger partial charge on any atom is 0.186 e. The first-order valence-electron chi connectivity index (χ1n) is 9.13. The average molecular weight is 431 g/mol. The smallest absolute Gasteiger partial charge is 0.186 e. The lowest BCUT2D eigenvalue weighted by Crippen LogP contribution is -2.46. The summed E-state index contributed by atoms with van der Waals surface area (Å²) in [6, 6.07) is 10.1. The van der Waals surface area contributed by atoms with Crippen LogP contribution in [0.25, 0.3) is 20.4 Å². The van der Waals surface area contributed by atoms with E-state index in [9.17, 15) is 0 Å². The molecule has 8 heteroatoms. The second kappa shape index (κ2) is 7.06. The molecule has 0 N–H and O–H groups in total. The predicted molar refractivity (Wildman–Crippen MR) is 120 cm³/mol. The maximum absolute atomic E-state index is 6.37. The number of halogens is 1. The number of fused-ring (bicyclic) bond motifs is 2. The van der Waals surface area contributed by atoms with E-state index in [-0.39, 0.29) is 0 Å². The second-order valence-electron chi connectivity index (χ2n) is 6.82.